The minimum atomic E-state index is -1.71. The van der Waals surface area contributed by atoms with Crippen molar-refractivity contribution in [2.24, 2.45) is 5.92 Å². The number of aliphatic hydroxyl groups excluding tert-OH is 1. The fourth-order valence-electron chi connectivity index (χ4n) is 5.50. The molecule has 4 bridgehead atoms. The minimum Gasteiger partial charge on any atom is -0.446 e. The van der Waals surface area contributed by atoms with E-state index in [4.69, 9.17) is 25.8 Å². The highest BCUT2D eigenvalue weighted by Gasteiger charge is 2.62. The van der Waals surface area contributed by atoms with Crippen LogP contribution in [0.1, 0.15) is 44.7 Å². The number of amides is 2. The number of fused-ring (bicyclic) bond motifs is 5. The molecule has 4 rings (SSSR count). The highest BCUT2D eigenvalue weighted by Crippen LogP contribution is 2.48. The predicted molar refractivity (Wildman–Crippen MR) is 143 cm³/mol. The van der Waals surface area contributed by atoms with Gasteiger partial charge in [0.05, 0.1) is 29.3 Å². The summed E-state index contributed by atoms with van der Waals surface area (Å²) in [4.78, 5) is 27.1. The number of halogens is 1. The van der Waals surface area contributed by atoms with Crippen molar-refractivity contribution in [3.05, 3.63) is 52.1 Å². The number of anilines is 1. The van der Waals surface area contributed by atoms with Gasteiger partial charge in [0.2, 0.25) is 5.91 Å². The molecule has 7 atom stereocenters. The Kier molecular flexibility index (Phi) is 7.99. The number of carbonyl (C=O) groups is 2. The van der Waals surface area contributed by atoms with Gasteiger partial charge in [0.15, 0.2) is 5.72 Å². The highest BCUT2D eigenvalue weighted by atomic mass is 35.5. The second-order valence-electron chi connectivity index (χ2n) is 10.9. The van der Waals surface area contributed by atoms with Crippen molar-refractivity contribution in [2.45, 2.75) is 82.7 Å². The Morgan fingerprint density at radius 1 is 1.26 bits per heavy atom. The van der Waals surface area contributed by atoms with E-state index >= 15 is 0 Å². The van der Waals surface area contributed by atoms with Crippen molar-refractivity contribution in [1.29, 1.82) is 0 Å². The monoisotopic (exact) mass is 548 g/mol. The molecular formula is C28H37ClN2O7. The molecular weight excluding hydrogens is 512 g/mol. The van der Waals surface area contributed by atoms with Gasteiger partial charge < -0.3 is 29.3 Å². The van der Waals surface area contributed by atoms with Crippen LogP contribution in [0.2, 0.25) is 5.02 Å². The molecule has 0 saturated carbocycles. The van der Waals surface area contributed by atoms with Gasteiger partial charge in [-0.2, -0.15) is 0 Å². The first-order valence-corrected chi connectivity index (χ1v) is 13.2. The van der Waals surface area contributed by atoms with Crippen LogP contribution in [-0.2, 0) is 25.4 Å². The number of hydrogen-bond donors (Lipinski definition) is 3. The fourth-order valence-corrected chi connectivity index (χ4v) is 5.74. The van der Waals surface area contributed by atoms with E-state index in [0.717, 1.165) is 16.7 Å². The minimum absolute atomic E-state index is 0.0444. The predicted octanol–water partition coefficient (Wildman–Crippen LogP) is 3.42. The van der Waals surface area contributed by atoms with Crippen LogP contribution in [0.25, 0.3) is 0 Å². The number of nitrogens with one attached hydrogen (secondary N) is 1. The number of benzene rings is 1. The van der Waals surface area contributed by atoms with Crippen LogP contribution >= 0.6 is 11.6 Å². The third-order valence-corrected chi connectivity index (χ3v) is 8.47. The Morgan fingerprint density at radius 3 is 2.66 bits per heavy atom. The van der Waals surface area contributed by atoms with Crippen molar-refractivity contribution in [2.75, 3.05) is 19.1 Å². The standard InChI is InChI=1S/C28H37ClN2O7/c1-15-8-7-9-22(36-6)28(35)14-20(37-26(34)30-28)17(3)25-27(4,38-25)21(32)13-23(33)31(5)19-12-18(10-15)11-16(2)24(19)29/h7-9,11-12,17,20-22,25,32,35H,10,13-14H2,1-6H3,(H,30,34)/b9-7+,15-8+/t17-,20-,21-,22+,25+,27-,28-/m0/s1. The molecule has 0 aliphatic carbocycles. The van der Waals surface area contributed by atoms with Gasteiger partial charge in [0.25, 0.3) is 0 Å². The number of carbonyl (C=O) groups excluding carboxylic acids is 2. The molecule has 2 fully saturated rings. The second-order valence-corrected chi connectivity index (χ2v) is 11.3. The van der Waals surface area contributed by atoms with Crippen LogP contribution < -0.4 is 10.2 Å². The van der Waals surface area contributed by atoms with Gasteiger partial charge in [-0.3, -0.25) is 10.1 Å². The van der Waals surface area contributed by atoms with Crippen molar-refractivity contribution >= 4 is 29.3 Å². The summed E-state index contributed by atoms with van der Waals surface area (Å²) in [5.74, 6) is -0.683. The Balaban J connectivity index is 1.73. The maximum Gasteiger partial charge on any atom is 0.409 e. The summed E-state index contributed by atoms with van der Waals surface area (Å²) in [6, 6.07) is 3.86. The summed E-state index contributed by atoms with van der Waals surface area (Å²) in [5.41, 5.74) is 0.664. The van der Waals surface area contributed by atoms with Crippen LogP contribution in [0, 0.1) is 12.8 Å². The second kappa shape index (κ2) is 10.6. The lowest BCUT2D eigenvalue weighted by Crippen LogP contribution is -2.63. The zero-order chi connectivity index (χ0) is 28.0. The number of hydrogen-bond acceptors (Lipinski definition) is 7. The number of methoxy groups -OCH3 is 1. The SMILES string of the molecule is CO[C@@H]1/C=C/C=C(\C)Cc2cc(C)c(Cl)c(c2)N(C)C(=O)C[C@H](O)[C@]2(C)O[C@@H]2[C@@H](C)[C@@H]2C[C@@]1(O)NC(=O)O2. The number of aliphatic hydroxyl groups is 2. The Hall–Kier alpha value is -2.43. The van der Waals surface area contributed by atoms with Gasteiger partial charge in [-0.15, -0.1) is 0 Å². The molecule has 0 spiro atoms. The lowest BCUT2D eigenvalue weighted by Gasteiger charge is -2.42. The average Bonchev–Trinajstić information content (AvgIpc) is 3.54. The highest BCUT2D eigenvalue weighted by molar-refractivity contribution is 6.34. The van der Waals surface area contributed by atoms with Crippen molar-refractivity contribution in [3.63, 3.8) is 0 Å². The molecule has 2 saturated heterocycles. The van der Waals surface area contributed by atoms with E-state index in [2.05, 4.69) is 5.32 Å². The number of ether oxygens (including phenoxy) is 3. The maximum absolute atomic E-state index is 13.2. The number of aryl methyl sites for hydroxylation is 1. The fraction of sp³-hybridized carbons (Fsp3) is 0.571. The van der Waals surface area contributed by atoms with E-state index in [1.54, 1.807) is 26.1 Å². The number of nitrogens with zero attached hydrogens (tertiary/aromatic N) is 1. The van der Waals surface area contributed by atoms with Gasteiger partial charge in [-0.05, 0) is 44.4 Å². The first kappa shape index (κ1) is 28.6. The molecule has 0 unspecified atom stereocenters. The molecule has 3 aliphatic heterocycles. The van der Waals surface area contributed by atoms with Gasteiger partial charge >= 0.3 is 6.09 Å². The third kappa shape index (κ3) is 5.49. The molecule has 1 aromatic carbocycles. The lowest BCUT2D eigenvalue weighted by atomic mass is 9.84. The number of allylic oxidation sites excluding steroid dienone is 3. The summed E-state index contributed by atoms with van der Waals surface area (Å²) in [7, 11) is 3.10. The first-order chi connectivity index (χ1) is 17.8. The largest absolute Gasteiger partial charge is 0.446 e. The number of rotatable bonds is 1. The van der Waals surface area contributed by atoms with E-state index < -0.39 is 41.8 Å². The zero-order valence-corrected chi connectivity index (χ0v) is 23.4. The maximum atomic E-state index is 13.2. The number of alkyl carbamates (subject to hydrolysis) is 1. The topological polar surface area (TPSA) is 121 Å². The van der Waals surface area contributed by atoms with Crippen LogP contribution in [0.15, 0.2) is 35.9 Å². The van der Waals surface area contributed by atoms with Crippen LogP contribution in [0.5, 0.6) is 0 Å². The van der Waals surface area contributed by atoms with E-state index in [1.165, 1.54) is 12.0 Å². The summed E-state index contributed by atoms with van der Waals surface area (Å²) in [5, 5.41) is 25.4. The van der Waals surface area contributed by atoms with E-state index in [9.17, 15) is 19.8 Å². The molecule has 38 heavy (non-hydrogen) atoms. The first-order valence-electron chi connectivity index (χ1n) is 12.8. The average molecular weight is 549 g/mol. The molecule has 3 N–H and O–H groups in total. The Labute approximate surface area is 228 Å². The van der Waals surface area contributed by atoms with Gasteiger partial charge in [-0.1, -0.05) is 48.4 Å². The van der Waals surface area contributed by atoms with Crippen LogP contribution in [-0.4, -0.2) is 72.1 Å². The van der Waals surface area contributed by atoms with Crippen LogP contribution in [0.3, 0.4) is 0 Å². The normalized spacial score (nSPS) is 38.4. The smallest absolute Gasteiger partial charge is 0.409 e. The van der Waals surface area contributed by atoms with Crippen LogP contribution in [0.4, 0.5) is 10.5 Å². The summed E-state index contributed by atoms with van der Waals surface area (Å²) in [6.45, 7) is 7.43. The molecule has 3 aliphatic rings. The van der Waals surface area contributed by atoms with Gasteiger partial charge in [0.1, 0.15) is 17.8 Å². The molecule has 0 radical (unpaired) electrons. The summed E-state index contributed by atoms with van der Waals surface area (Å²) >= 11 is 6.59. The Bertz CT molecular complexity index is 1170. The molecule has 2 amide bonds. The molecule has 10 heteroatoms. The summed E-state index contributed by atoms with van der Waals surface area (Å²) < 4.78 is 17.0. The number of epoxide rings is 1. The summed E-state index contributed by atoms with van der Waals surface area (Å²) in [6.07, 6.45) is 1.93. The van der Waals surface area contributed by atoms with Gasteiger partial charge in [-0.25, -0.2) is 4.79 Å². The molecule has 0 aromatic heterocycles. The Morgan fingerprint density at radius 2 is 1.97 bits per heavy atom. The van der Waals surface area contributed by atoms with E-state index in [0.29, 0.717) is 17.1 Å². The van der Waals surface area contributed by atoms with E-state index in [1.807, 2.05) is 39.0 Å². The molecule has 3 heterocycles. The third-order valence-electron chi connectivity index (χ3n) is 7.98. The van der Waals surface area contributed by atoms with Crippen molar-refractivity contribution in [1.82, 2.24) is 5.32 Å². The lowest BCUT2D eigenvalue weighted by molar-refractivity contribution is -0.142. The quantitative estimate of drug-likeness (QED) is 0.460. The van der Waals surface area contributed by atoms with Crippen molar-refractivity contribution in [3.8, 4) is 0 Å². The van der Waals surface area contributed by atoms with Crippen molar-refractivity contribution < 1.29 is 34.0 Å². The molecule has 208 valence electrons. The zero-order valence-electron chi connectivity index (χ0n) is 22.7. The van der Waals surface area contributed by atoms with Gasteiger partial charge in [0, 0.05) is 26.5 Å². The van der Waals surface area contributed by atoms with E-state index in [-0.39, 0.29) is 24.7 Å². The molecule has 9 nitrogen and oxygen atoms in total. The molecule has 1 aromatic rings.